The summed E-state index contributed by atoms with van der Waals surface area (Å²) in [4.78, 5) is 10.7. The Balaban J connectivity index is 3.49. The predicted molar refractivity (Wildman–Crippen MR) is 44.3 cm³/mol. The number of anilines is 1. The molecule has 7 heteroatoms. The molecule has 0 radical (unpaired) electrons. The number of carbonyl (C=O) groups excluding carboxylic acids is 1. The molecule has 0 aromatic heterocycles. The zero-order valence-corrected chi connectivity index (χ0v) is 7.23. The van der Waals surface area contributed by atoms with Gasteiger partial charge in [-0.25, -0.2) is 4.39 Å². The molecule has 0 saturated carbocycles. The second-order valence-corrected chi connectivity index (χ2v) is 2.75. The van der Waals surface area contributed by atoms with Gasteiger partial charge in [-0.1, -0.05) is 0 Å². The molecule has 82 valence electrons. The summed E-state index contributed by atoms with van der Waals surface area (Å²) in [6.45, 7) is 0. The van der Waals surface area contributed by atoms with Crippen molar-refractivity contribution in [3.05, 3.63) is 29.1 Å². The van der Waals surface area contributed by atoms with Crippen LogP contribution in [0.2, 0.25) is 0 Å². The first-order chi connectivity index (χ1) is 6.75. The van der Waals surface area contributed by atoms with E-state index in [9.17, 15) is 22.4 Å². The smallest absolute Gasteiger partial charge is 0.398 e. The lowest BCUT2D eigenvalue weighted by atomic mass is 10.1. The molecule has 15 heavy (non-hydrogen) atoms. The van der Waals surface area contributed by atoms with Crippen LogP contribution in [0.5, 0.6) is 0 Å². The van der Waals surface area contributed by atoms with Gasteiger partial charge in [-0.05, 0) is 12.1 Å². The summed E-state index contributed by atoms with van der Waals surface area (Å²) in [7, 11) is 0. The monoisotopic (exact) mass is 222 g/mol. The largest absolute Gasteiger partial charge is 0.419 e. The number of primary amides is 1. The fourth-order valence-electron chi connectivity index (χ4n) is 1.06. The lowest BCUT2D eigenvalue weighted by molar-refractivity contribution is -0.140. The molecule has 0 spiro atoms. The van der Waals surface area contributed by atoms with Crippen molar-refractivity contribution in [2.24, 2.45) is 5.73 Å². The number of nitrogens with two attached hydrogens (primary N) is 2. The number of hydrogen-bond donors (Lipinski definition) is 2. The van der Waals surface area contributed by atoms with Crippen LogP contribution in [0.25, 0.3) is 0 Å². The third-order valence-corrected chi connectivity index (χ3v) is 1.73. The maximum absolute atomic E-state index is 13.2. The number of carbonyl (C=O) groups is 1. The number of alkyl halides is 3. The van der Waals surface area contributed by atoms with Crippen LogP contribution in [0.4, 0.5) is 23.2 Å². The third-order valence-electron chi connectivity index (χ3n) is 1.73. The van der Waals surface area contributed by atoms with Crippen molar-refractivity contribution in [1.29, 1.82) is 0 Å². The highest BCUT2D eigenvalue weighted by Crippen LogP contribution is 2.33. The highest BCUT2D eigenvalue weighted by Gasteiger charge is 2.36. The van der Waals surface area contributed by atoms with Crippen LogP contribution in [0.1, 0.15) is 15.9 Å². The van der Waals surface area contributed by atoms with Crippen molar-refractivity contribution < 1.29 is 22.4 Å². The molecule has 1 aromatic rings. The molecule has 1 amide bonds. The summed E-state index contributed by atoms with van der Waals surface area (Å²) in [6, 6.07) is 1.24. The van der Waals surface area contributed by atoms with Gasteiger partial charge in [0.1, 0.15) is 5.82 Å². The minimum Gasteiger partial charge on any atom is -0.398 e. The average Bonchev–Trinajstić information content (AvgIpc) is 2.00. The maximum Gasteiger partial charge on any atom is 0.419 e. The van der Waals surface area contributed by atoms with Gasteiger partial charge >= 0.3 is 6.18 Å². The van der Waals surface area contributed by atoms with Crippen molar-refractivity contribution >= 4 is 11.6 Å². The van der Waals surface area contributed by atoms with Gasteiger partial charge in [0, 0.05) is 5.69 Å². The van der Waals surface area contributed by atoms with Crippen LogP contribution < -0.4 is 11.5 Å². The van der Waals surface area contributed by atoms with E-state index in [1.54, 1.807) is 0 Å². The van der Waals surface area contributed by atoms with Crippen LogP contribution in [-0.4, -0.2) is 5.91 Å². The highest BCUT2D eigenvalue weighted by molar-refractivity contribution is 5.98. The van der Waals surface area contributed by atoms with Crippen molar-refractivity contribution in [1.82, 2.24) is 0 Å². The van der Waals surface area contributed by atoms with Crippen LogP contribution in [-0.2, 0) is 6.18 Å². The van der Waals surface area contributed by atoms with Gasteiger partial charge in [-0.3, -0.25) is 4.79 Å². The average molecular weight is 222 g/mol. The molecule has 1 rings (SSSR count). The van der Waals surface area contributed by atoms with E-state index < -0.39 is 34.7 Å². The van der Waals surface area contributed by atoms with Gasteiger partial charge in [-0.2, -0.15) is 13.2 Å². The molecule has 0 aliphatic carbocycles. The Bertz CT molecular complexity index is 414. The van der Waals surface area contributed by atoms with E-state index in [1.165, 1.54) is 0 Å². The van der Waals surface area contributed by atoms with E-state index in [-0.39, 0.29) is 0 Å². The van der Waals surface area contributed by atoms with Crippen molar-refractivity contribution in [3.63, 3.8) is 0 Å². The maximum atomic E-state index is 13.2. The number of rotatable bonds is 1. The van der Waals surface area contributed by atoms with E-state index in [0.717, 1.165) is 6.07 Å². The van der Waals surface area contributed by atoms with Crippen LogP contribution in [0.3, 0.4) is 0 Å². The molecule has 0 bridgehead atoms. The predicted octanol–water partition coefficient (Wildman–Crippen LogP) is 1.53. The normalized spacial score (nSPS) is 11.5. The Morgan fingerprint density at radius 3 is 2.20 bits per heavy atom. The second kappa shape index (κ2) is 3.41. The zero-order valence-electron chi connectivity index (χ0n) is 7.23. The lowest BCUT2D eigenvalue weighted by Gasteiger charge is -2.11. The minimum absolute atomic E-state index is 0.423. The van der Waals surface area contributed by atoms with Gasteiger partial charge in [-0.15, -0.1) is 0 Å². The van der Waals surface area contributed by atoms with Crippen molar-refractivity contribution in [2.45, 2.75) is 6.18 Å². The minimum atomic E-state index is -4.89. The molecular weight excluding hydrogens is 216 g/mol. The fourth-order valence-corrected chi connectivity index (χ4v) is 1.06. The first-order valence-corrected chi connectivity index (χ1v) is 3.70. The first-order valence-electron chi connectivity index (χ1n) is 3.70. The molecule has 0 unspecified atom stereocenters. The molecule has 0 saturated heterocycles. The van der Waals surface area contributed by atoms with Gasteiger partial charge in [0.15, 0.2) is 0 Å². The molecule has 0 heterocycles. The second-order valence-electron chi connectivity index (χ2n) is 2.75. The van der Waals surface area contributed by atoms with Crippen molar-refractivity contribution in [2.75, 3.05) is 5.73 Å². The number of halogens is 4. The van der Waals surface area contributed by atoms with Gasteiger partial charge in [0.2, 0.25) is 0 Å². The number of nitrogen functional groups attached to an aromatic ring is 1. The van der Waals surface area contributed by atoms with E-state index in [1.807, 2.05) is 0 Å². The van der Waals surface area contributed by atoms with E-state index in [2.05, 4.69) is 0 Å². The Hall–Kier alpha value is -1.79. The topological polar surface area (TPSA) is 69.1 Å². The Morgan fingerprint density at radius 2 is 1.80 bits per heavy atom. The van der Waals surface area contributed by atoms with Crippen molar-refractivity contribution in [3.8, 4) is 0 Å². The number of benzene rings is 1. The first kappa shape index (κ1) is 11.3. The number of hydrogen-bond acceptors (Lipinski definition) is 2. The van der Waals surface area contributed by atoms with E-state index in [0.29, 0.717) is 6.07 Å². The van der Waals surface area contributed by atoms with Crippen LogP contribution in [0, 0.1) is 5.82 Å². The standard InChI is InChI=1S/C8H6F4N2O/c9-6-3(8(10,11)12)1-2-4(13)5(6)7(14)15/h1-2H,13H2,(H2,14,15). The zero-order chi connectivity index (χ0) is 11.8. The summed E-state index contributed by atoms with van der Waals surface area (Å²) in [6.07, 6.45) is -4.89. The Kier molecular flexibility index (Phi) is 2.57. The molecule has 0 aliphatic heterocycles. The third kappa shape index (κ3) is 2.00. The Morgan fingerprint density at radius 1 is 1.27 bits per heavy atom. The summed E-state index contributed by atoms with van der Waals surface area (Å²) in [5, 5.41) is 0. The molecule has 0 fully saturated rings. The lowest BCUT2D eigenvalue weighted by Crippen LogP contribution is -2.19. The van der Waals surface area contributed by atoms with Crippen LogP contribution in [0.15, 0.2) is 12.1 Å². The summed E-state index contributed by atoms with van der Waals surface area (Å²) in [5.74, 6) is -3.08. The quantitative estimate of drug-likeness (QED) is 0.558. The summed E-state index contributed by atoms with van der Waals surface area (Å²) >= 11 is 0. The van der Waals surface area contributed by atoms with Gasteiger partial charge in [0.25, 0.3) is 5.91 Å². The molecule has 1 aromatic carbocycles. The molecule has 4 N–H and O–H groups in total. The molecule has 3 nitrogen and oxygen atoms in total. The molecule has 0 aliphatic rings. The van der Waals surface area contributed by atoms with Gasteiger partial charge < -0.3 is 11.5 Å². The Labute approximate surface area is 81.7 Å². The summed E-state index contributed by atoms with van der Waals surface area (Å²) < 4.78 is 49.8. The van der Waals surface area contributed by atoms with Crippen LogP contribution >= 0.6 is 0 Å². The highest BCUT2D eigenvalue weighted by atomic mass is 19.4. The SMILES string of the molecule is NC(=O)c1c(N)ccc(C(F)(F)F)c1F. The molecular formula is C8H6F4N2O. The van der Waals surface area contributed by atoms with Gasteiger partial charge in [0.05, 0.1) is 11.1 Å². The molecule has 0 atom stereocenters. The summed E-state index contributed by atoms with van der Waals surface area (Å²) in [5.41, 5.74) is 6.90. The van der Waals surface area contributed by atoms with E-state index >= 15 is 0 Å². The fraction of sp³-hybridized carbons (Fsp3) is 0.125. The number of amides is 1. The van der Waals surface area contributed by atoms with E-state index in [4.69, 9.17) is 11.5 Å².